The number of benzene rings is 4. The summed E-state index contributed by atoms with van der Waals surface area (Å²) in [5.74, 6) is 2.54. The first-order valence-corrected chi connectivity index (χ1v) is 13.1. The molecule has 0 saturated carbocycles. The molecule has 39 heavy (non-hydrogen) atoms. The average Bonchev–Trinajstić information content (AvgIpc) is 3.60. The molecule has 0 aliphatic rings. The summed E-state index contributed by atoms with van der Waals surface area (Å²) in [6.07, 6.45) is 1.85. The maximum Gasteiger partial charge on any atom is 0.148 e. The van der Waals surface area contributed by atoms with Crippen molar-refractivity contribution in [3.63, 3.8) is 0 Å². The maximum atomic E-state index is 4.72. The number of fused-ring (bicyclic) bond motifs is 6. The van der Waals surface area contributed by atoms with Crippen LogP contribution in [0.5, 0.6) is 0 Å². The van der Waals surface area contributed by atoms with Crippen LogP contribution in [-0.4, -0.2) is 28.9 Å². The Hall–Kier alpha value is -5.23. The van der Waals surface area contributed by atoms with Gasteiger partial charge < -0.3 is 4.57 Å². The quantitative estimate of drug-likeness (QED) is 0.251. The van der Waals surface area contributed by atoms with Crippen molar-refractivity contribution in [3.05, 3.63) is 121 Å². The van der Waals surface area contributed by atoms with Gasteiger partial charge in [0, 0.05) is 33.4 Å². The zero-order valence-electron chi connectivity index (χ0n) is 21.6. The number of aromatic nitrogens is 6. The third-order valence-corrected chi connectivity index (χ3v) is 7.55. The third-order valence-electron chi connectivity index (χ3n) is 7.55. The zero-order valence-corrected chi connectivity index (χ0v) is 21.6. The van der Waals surface area contributed by atoms with Crippen molar-refractivity contribution in [1.82, 2.24) is 28.9 Å². The smallest absolute Gasteiger partial charge is 0.148 e. The minimum atomic E-state index is 0.763. The molecule has 6 nitrogen and oxygen atoms in total. The van der Waals surface area contributed by atoms with E-state index in [1.54, 1.807) is 0 Å². The van der Waals surface area contributed by atoms with Gasteiger partial charge in [0.15, 0.2) is 0 Å². The van der Waals surface area contributed by atoms with Gasteiger partial charge in [-0.15, -0.1) is 0 Å². The van der Waals surface area contributed by atoms with Gasteiger partial charge in [0.1, 0.15) is 17.5 Å². The van der Waals surface area contributed by atoms with Gasteiger partial charge in [-0.1, -0.05) is 48.5 Å². The van der Waals surface area contributed by atoms with Crippen LogP contribution in [0.15, 0.2) is 109 Å². The molecule has 0 atom stereocenters. The van der Waals surface area contributed by atoms with Crippen molar-refractivity contribution in [3.8, 4) is 17.2 Å². The highest BCUT2D eigenvalue weighted by molar-refractivity contribution is 6.19. The molecule has 0 spiro atoms. The predicted molar refractivity (Wildman–Crippen MR) is 157 cm³/mol. The fraction of sp³-hybridized carbons (Fsp3) is 0.0606. The van der Waals surface area contributed by atoms with Gasteiger partial charge in [-0.2, -0.15) is 5.10 Å². The van der Waals surface area contributed by atoms with Gasteiger partial charge in [-0.05, 0) is 68.4 Å². The largest absolute Gasteiger partial charge is 0.309 e. The lowest BCUT2D eigenvalue weighted by atomic mass is 10.1. The summed E-state index contributed by atoms with van der Waals surface area (Å²) in [5.41, 5.74) is 6.65. The van der Waals surface area contributed by atoms with E-state index in [2.05, 4.69) is 110 Å². The number of para-hydroxylation sites is 2. The van der Waals surface area contributed by atoms with E-state index in [0.717, 1.165) is 50.9 Å². The molecule has 4 heterocycles. The van der Waals surface area contributed by atoms with Crippen LogP contribution in [0.4, 0.5) is 0 Å². The lowest BCUT2D eigenvalue weighted by molar-refractivity contribution is 0.830. The Balaban J connectivity index is 1.49. The molecule has 0 bridgehead atoms. The van der Waals surface area contributed by atoms with E-state index in [0.29, 0.717) is 0 Å². The number of nitrogens with zero attached hydrogens (tertiary/aromatic N) is 6. The number of pyridine rings is 1. The molecule has 0 amide bonds. The second kappa shape index (κ2) is 8.13. The highest BCUT2D eigenvalue weighted by Crippen LogP contribution is 2.39. The summed E-state index contributed by atoms with van der Waals surface area (Å²) in [7, 11) is 0. The molecule has 4 aromatic heterocycles. The molecule has 0 aliphatic carbocycles. The Morgan fingerprint density at radius 2 is 1.21 bits per heavy atom. The molecule has 6 heteroatoms. The van der Waals surface area contributed by atoms with Crippen molar-refractivity contribution >= 4 is 43.6 Å². The zero-order chi connectivity index (χ0) is 26.1. The molecule has 0 saturated heterocycles. The first kappa shape index (κ1) is 21.8. The van der Waals surface area contributed by atoms with Crippen LogP contribution >= 0.6 is 0 Å². The van der Waals surface area contributed by atoms with Crippen LogP contribution in [0.3, 0.4) is 0 Å². The van der Waals surface area contributed by atoms with E-state index in [9.17, 15) is 0 Å². The number of aryl methyl sites for hydroxylation is 2. The summed E-state index contributed by atoms with van der Waals surface area (Å²) < 4.78 is 6.53. The Morgan fingerprint density at radius 1 is 0.538 bits per heavy atom. The summed E-state index contributed by atoms with van der Waals surface area (Å²) >= 11 is 0. The molecule has 0 fully saturated rings. The summed E-state index contributed by atoms with van der Waals surface area (Å²) in [4.78, 5) is 9.23. The first-order chi connectivity index (χ1) is 19.2. The number of hydrogen-bond donors (Lipinski definition) is 0. The minimum absolute atomic E-state index is 0.763. The second-order valence-corrected chi connectivity index (χ2v) is 9.92. The monoisotopic (exact) mass is 504 g/mol. The Morgan fingerprint density at radius 3 is 1.90 bits per heavy atom. The molecular weight excluding hydrogens is 480 g/mol. The van der Waals surface area contributed by atoms with Crippen LogP contribution < -0.4 is 0 Å². The SMILES string of the molecule is Cc1nc(C)n(-c2cccc(-n3c4ccccc4c4cc5c6ccccc6n(-c6ccccn6)c5cc43)c2)n1. The van der Waals surface area contributed by atoms with Gasteiger partial charge >= 0.3 is 0 Å². The second-order valence-electron chi connectivity index (χ2n) is 9.92. The average molecular weight is 505 g/mol. The van der Waals surface area contributed by atoms with Crippen molar-refractivity contribution in [2.24, 2.45) is 0 Å². The minimum Gasteiger partial charge on any atom is -0.309 e. The van der Waals surface area contributed by atoms with Crippen molar-refractivity contribution in [2.75, 3.05) is 0 Å². The van der Waals surface area contributed by atoms with Gasteiger partial charge in [0.05, 0.1) is 27.8 Å². The van der Waals surface area contributed by atoms with E-state index < -0.39 is 0 Å². The summed E-state index contributed by atoms with van der Waals surface area (Å²) in [6.45, 7) is 3.91. The van der Waals surface area contributed by atoms with E-state index in [-0.39, 0.29) is 0 Å². The standard InChI is InChI=1S/C33H24N6/c1-21-35-22(2)39(36-21)24-11-9-10-23(18-24)37-29-14-5-3-12-25(29)27-19-28-26-13-4-6-15-30(26)38(32(28)20-31(27)37)33-16-7-8-17-34-33/h3-20H,1-2H3. The lowest BCUT2D eigenvalue weighted by Gasteiger charge is -2.11. The van der Waals surface area contributed by atoms with Gasteiger partial charge in [0.2, 0.25) is 0 Å². The van der Waals surface area contributed by atoms with Crippen LogP contribution in [0.2, 0.25) is 0 Å². The van der Waals surface area contributed by atoms with Crippen LogP contribution in [0.25, 0.3) is 60.8 Å². The van der Waals surface area contributed by atoms with Crippen LogP contribution in [0.1, 0.15) is 11.6 Å². The topological polar surface area (TPSA) is 53.5 Å². The highest BCUT2D eigenvalue weighted by Gasteiger charge is 2.19. The van der Waals surface area contributed by atoms with Gasteiger partial charge in [-0.25, -0.2) is 14.6 Å². The van der Waals surface area contributed by atoms with E-state index in [1.807, 2.05) is 36.9 Å². The van der Waals surface area contributed by atoms with Gasteiger partial charge in [0.25, 0.3) is 0 Å². The molecule has 186 valence electrons. The maximum absolute atomic E-state index is 4.72. The molecule has 0 radical (unpaired) electrons. The molecule has 8 aromatic rings. The van der Waals surface area contributed by atoms with Crippen molar-refractivity contribution in [1.29, 1.82) is 0 Å². The Bertz CT molecular complexity index is 2200. The third kappa shape index (κ3) is 3.18. The summed E-state index contributed by atoms with van der Waals surface area (Å²) in [5, 5.41) is 9.51. The normalized spacial score (nSPS) is 11.8. The van der Waals surface area contributed by atoms with Crippen LogP contribution in [-0.2, 0) is 0 Å². The van der Waals surface area contributed by atoms with Crippen molar-refractivity contribution in [2.45, 2.75) is 13.8 Å². The Kier molecular flexibility index (Phi) is 4.55. The van der Waals surface area contributed by atoms with E-state index in [1.165, 1.54) is 21.5 Å². The van der Waals surface area contributed by atoms with Crippen molar-refractivity contribution < 1.29 is 0 Å². The molecule has 4 aromatic carbocycles. The first-order valence-electron chi connectivity index (χ1n) is 13.1. The van der Waals surface area contributed by atoms with Crippen LogP contribution in [0, 0.1) is 13.8 Å². The molecule has 0 unspecified atom stereocenters. The number of hydrogen-bond acceptors (Lipinski definition) is 3. The highest BCUT2D eigenvalue weighted by atomic mass is 15.3. The van der Waals surface area contributed by atoms with E-state index >= 15 is 0 Å². The summed E-state index contributed by atoms with van der Waals surface area (Å²) in [6, 6.07) is 36.5. The van der Waals surface area contributed by atoms with E-state index in [4.69, 9.17) is 4.98 Å². The fourth-order valence-electron chi connectivity index (χ4n) is 5.97. The molecule has 8 rings (SSSR count). The molecule has 0 aliphatic heterocycles. The number of rotatable bonds is 3. The Labute approximate surface area is 224 Å². The molecular formula is C33H24N6. The predicted octanol–water partition coefficient (Wildman–Crippen LogP) is 7.47. The van der Waals surface area contributed by atoms with Gasteiger partial charge in [-0.3, -0.25) is 4.57 Å². The molecule has 0 N–H and O–H groups in total. The lowest BCUT2D eigenvalue weighted by Crippen LogP contribution is -2.02. The fourth-order valence-corrected chi connectivity index (χ4v) is 5.97.